The third-order valence-electron chi connectivity index (χ3n) is 3.17. The van der Waals surface area contributed by atoms with E-state index >= 15 is 0 Å². The zero-order valence-corrected chi connectivity index (χ0v) is 11.1. The summed E-state index contributed by atoms with van der Waals surface area (Å²) in [5.74, 6) is -1.82. The van der Waals surface area contributed by atoms with Crippen LogP contribution >= 0.6 is 0 Å². The van der Waals surface area contributed by atoms with Gasteiger partial charge in [0.05, 0.1) is 11.1 Å². The lowest BCUT2D eigenvalue weighted by molar-refractivity contribution is -0.137. The minimum atomic E-state index is -4.61. The first-order chi connectivity index (χ1) is 9.88. The fourth-order valence-electron chi connectivity index (χ4n) is 1.99. The van der Waals surface area contributed by atoms with Crippen molar-refractivity contribution in [2.75, 3.05) is 19.6 Å². The molecule has 0 aliphatic carbocycles. The quantitative estimate of drug-likeness (QED) is 0.665. The molecule has 3 nitrogen and oxygen atoms in total. The summed E-state index contributed by atoms with van der Waals surface area (Å²) < 4.78 is 51.2. The molecule has 1 heterocycles. The van der Waals surface area contributed by atoms with Crippen LogP contribution in [0, 0.1) is 5.82 Å². The fourth-order valence-corrected chi connectivity index (χ4v) is 1.99. The first-order valence-electron chi connectivity index (χ1n) is 6.41. The highest BCUT2D eigenvalue weighted by Crippen LogP contribution is 2.30. The van der Waals surface area contributed by atoms with Gasteiger partial charge >= 0.3 is 6.18 Å². The maximum Gasteiger partial charge on any atom is 0.416 e. The number of carbonyl (C=O) groups is 1. The number of rotatable bonds is 3. The molecule has 1 aliphatic rings. The Morgan fingerprint density at radius 3 is 2.71 bits per heavy atom. The van der Waals surface area contributed by atoms with E-state index in [0.717, 1.165) is 18.5 Å². The van der Waals surface area contributed by atoms with Gasteiger partial charge in [0.1, 0.15) is 5.82 Å². The van der Waals surface area contributed by atoms with Crippen molar-refractivity contribution < 1.29 is 22.4 Å². The Morgan fingerprint density at radius 2 is 2.10 bits per heavy atom. The minimum Gasteiger partial charge on any atom is -0.348 e. The summed E-state index contributed by atoms with van der Waals surface area (Å²) >= 11 is 0. The van der Waals surface area contributed by atoms with Crippen LogP contribution in [0.2, 0.25) is 0 Å². The maximum atomic E-state index is 13.5. The molecule has 1 aromatic rings. The Bertz CT molecular complexity index is 567. The largest absolute Gasteiger partial charge is 0.416 e. The highest BCUT2D eigenvalue weighted by Gasteiger charge is 2.31. The van der Waals surface area contributed by atoms with Gasteiger partial charge in [0, 0.05) is 13.1 Å². The van der Waals surface area contributed by atoms with Crippen molar-refractivity contribution in [1.29, 1.82) is 0 Å². The van der Waals surface area contributed by atoms with Crippen LogP contribution in [0.1, 0.15) is 22.3 Å². The van der Waals surface area contributed by atoms with Gasteiger partial charge in [0.2, 0.25) is 0 Å². The number of benzene rings is 1. The van der Waals surface area contributed by atoms with E-state index in [-0.39, 0.29) is 6.54 Å². The van der Waals surface area contributed by atoms with Gasteiger partial charge in [-0.2, -0.15) is 13.2 Å². The Balaban J connectivity index is 2.09. The van der Waals surface area contributed by atoms with E-state index in [1.54, 1.807) is 0 Å². The normalized spacial score (nSPS) is 15.5. The second-order valence-corrected chi connectivity index (χ2v) is 4.69. The molecule has 1 amide bonds. The molecule has 2 rings (SSSR count). The van der Waals surface area contributed by atoms with Crippen molar-refractivity contribution in [2.24, 2.45) is 0 Å². The van der Waals surface area contributed by atoms with Crippen molar-refractivity contribution in [2.45, 2.75) is 12.6 Å². The lowest BCUT2D eigenvalue weighted by Crippen LogP contribution is -2.30. The van der Waals surface area contributed by atoms with Crippen LogP contribution in [0.25, 0.3) is 0 Å². The van der Waals surface area contributed by atoms with E-state index in [4.69, 9.17) is 0 Å². The van der Waals surface area contributed by atoms with Crippen LogP contribution in [0.15, 0.2) is 29.8 Å². The molecule has 0 fully saturated rings. The Labute approximate surface area is 119 Å². The van der Waals surface area contributed by atoms with Gasteiger partial charge in [-0.3, -0.25) is 4.79 Å². The van der Waals surface area contributed by atoms with Gasteiger partial charge in [-0.25, -0.2) is 4.39 Å². The zero-order valence-electron chi connectivity index (χ0n) is 11.1. The molecular formula is C14H14F4N2O. The molecule has 114 valence electrons. The summed E-state index contributed by atoms with van der Waals surface area (Å²) in [6, 6.07) is 1.80. The first-order valence-corrected chi connectivity index (χ1v) is 6.41. The van der Waals surface area contributed by atoms with Gasteiger partial charge in [0.15, 0.2) is 0 Å². The average Bonchev–Trinajstić information content (AvgIpc) is 2.45. The third kappa shape index (κ3) is 4.04. The predicted octanol–water partition coefficient (Wildman–Crippen LogP) is 2.49. The molecule has 7 heteroatoms. The van der Waals surface area contributed by atoms with Crippen molar-refractivity contribution >= 4 is 5.91 Å². The molecule has 21 heavy (non-hydrogen) atoms. The lowest BCUT2D eigenvalue weighted by atomic mass is 10.1. The molecule has 2 N–H and O–H groups in total. The predicted molar refractivity (Wildman–Crippen MR) is 69.3 cm³/mol. The SMILES string of the molecule is O=C(NCC1=CCNCC1)c1cc(C(F)(F)F)ccc1F. The van der Waals surface area contributed by atoms with Crippen molar-refractivity contribution in [3.8, 4) is 0 Å². The first kappa shape index (κ1) is 15.5. The van der Waals surface area contributed by atoms with Gasteiger partial charge < -0.3 is 10.6 Å². The fraction of sp³-hybridized carbons (Fsp3) is 0.357. The summed E-state index contributed by atoms with van der Waals surface area (Å²) in [7, 11) is 0. The molecule has 0 unspecified atom stereocenters. The Kier molecular flexibility index (Phi) is 4.62. The monoisotopic (exact) mass is 302 g/mol. The van der Waals surface area contributed by atoms with E-state index < -0.39 is 29.0 Å². The van der Waals surface area contributed by atoms with E-state index in [9.17, 15) is 22.4 Å². The Morgan fingerprint density at radius 1 is 1.33 bits per heavy atom. The van der Waals surface area contributed by atoms with Crippen LogP contribution in [-0.4, -0.2) is 25.5 Å². The summed E-state index contributed by atoms with van der Waals surface area (Å²) in [6.07, 6.45) is -1.97. The number of alkyl halides is 3. The smallest absolute Gasteiger partial charge is 0.348 e. The van der Waals surface area contributed by atoms with Crippen LogP contribution in [0.4, 0.5) is 17.6 Å². The van der Waals surface area contributed by atoms with Crippen molar-refractivity contribution in [1.82, 2.24) is 10.6 Å². The van der Waals surface area contributed by atoms with E-state index in [1.807, 2.05) is 6.08 Å². The van der Waals surface area contributed by atoms with Gasteiger partial charge in [-0.05, 0) is 31.2 Å². The highest BCUT2D eigenvalue weighted by molar-refractivity contribution is 5.94. The second-order valence-electron chi connectivity index (χ2n) is 4.69. The van der Waals surface area contributed by atoms with Gasteiger partial charge in [0.25, 0.3) is 5.91 Å². The van der Waals surface area contributed by atoms with Crippen LogP contribution in [0.3, 0.4) is 0 Å². The Hall–Kier alpha value is -1.89. The molecule has 0 radical (unpaired) electrons. The number of amides is 1. The van der Waals surface area contributed by atoms with Crippen LogP contribution < -0.4 is 10.6 Å². The number of hydrogen-bond acceptors (Lipinski definition) is 2. The maximum absolute atomic E-state index is 13.5. The molecule has 0 saturated heterocycles. The average molecular weight is 302 g/mol. The van der Waals surface area contributed by atoms with Crippen LogP contribution in [0.5, 0.6) is 0 Å². The summed E-state index contributed by atoms with van der Waals surface area (Å²) in [6.45, 7) is 1.67. The van der Waals surface area contributed by atoms with Gasteiger partial charge in [-0.15, -0.1) is 0 Å². The number of nitrogens with one attached hydrogen (secondary N) is 2. The number of hydrogen-bond donors (Lipinski definition) is 2. The molecule has 0 spiro atoms. The topological polar surface area (TPSA) is 41.1 Å². The minimum absolute atomic E-state index is 0.205. The lowest BCUT2D eigenvalue weighted by Gasteiger charge is -2.15. The molecule has 0 atom stereocenters. The summed E-state index contributed by atoms with van der Waals surface area (Å²) in [4.78, 5) is 11.8. The molecule has 0 aromatic heterocycles. The molecule has 0 saturated carbocycles. The van der Waals surface area contributed by atoms with Gasteiger partial charge in [-0.1, -0.05) is 11.6 Å². The number of halogens is 4. The van der Waals surface area contributed by atoms with E-state index in [0.29, 0.717) is 24.7 Å². The summed E-state index contributed by atoms with van der Waals surface area (Å²) in [5.41, 5.74) is -0.677. The second kappa shape index (κ2) is 6.26. The molecular weight excluding hydrogens is 288 g/mol. The molecule has 0 bridgehead atoms. The van der Waals surface area contributed by atoms with E-state index in [1.165, 1.54) is 0 Å². The van der Waals surface area contributed by atoms with Crippen LogP contribution in [-0.2, 0) is 6.18 Å². The van der Waals surface area contributed by atoms with E-state index in [2.05, 4.69) is 10.6 Å². The summed E-state index contributed by atoms with van der Waals surface area (Å²) in [5, 5.41) is 5.54. The third-order valence-corrected chi connectivity index (χ3v) is 3.17. The van der Waals surface area contributed by atoms with Crippen molar-refractivity contribution in [3.05, 3.63) is 46.8 Å². The zero-order chi connectivity index (χ0) is 15.5. The molecule has 1 aromatic carbocycles. The van der Waals surface area contributed by atoms with Crippen molar-refractivity contribution in [3.63, 3.8) is 0 Å². The standard InChI is InChI=1S/C14H14F4N2O/c15-12-2-1-10(14(16,17)18)7-11(12)13(21)20-8-9-3-5-19-6-4-9/h1-3,7,19H,4-6,8H2,(H,20,21). The highest BCUT2D eigenvalue weighted by atomic mass is 19.4. The molecule has 1 aliphatic heterocycles. The number of carbonyl (C=O) groups excluding carboxylic acids is 1.